The number of aryl methyl sites for hydroxylation is 2. The number of rotatable bonds is 7. The van der Waals surface area contributed by atoms with Crippen LogP contribution >= 0.6 is 0 Å². The normalized spacial score (nSPS) is 12.1. The number of methoxy groups -OCH3 is 1. The van der Waals surface area contributed by atoms with Gasteiger partial charge in [-0.2, -0.15) is 0 Å². The Hall–Kier alpha value is -1.80. The summed E-state index contributed by atoms with van der Waals surface area (Å²) in [5.41, 5.74) is 3.91. The monoisotopic (exact) mass is 283 g/mol. The van der Waals surface area contributed by atoms with Crippen molar-refractivity contribution >= 4 is 0 Å². The minimum Gasteiger partial charge on any atom is -0.496 e. The van der Waals surface area contributed by atoms with Gasteiger partial charge in [-0.25, -0.2) is 0 Å². The lowest BCUT2D eigenvalue weighted by Crippen LogP contribution is -2.22. The average molecular weight is 283 g/mol. The van der Waals surface area contributed by atoms with Gasteiger partial charge in [-0.3, -0.25) is 0 Å². The van der Waals surface area contributed by atoms with Crippen molar-refractivity contribution in [1.29, 1.82) is 0 Å². The summed E-state index contributed by atoms with van der Waals surface area (Å²) in [5, 5.41) is 3.59. The van der Waals surface area contributed by atoms with Gasteiger partial charge in [-0.1, -0.05) is 55.0 Å². The summed E-state index contributed by atoms with van der Waals surface area (Å²) in [4.78, 5) is 0. The molecule has 2 rings (SSSR count). The van der Waals surface area contributed by atoms with Crippen LogP contribution in [0.4, 0.5) is 0 Å². The molecule has 1 atom stereocenters. The Bertz CT molecular complexity index is 551. The third kappa shape index (κ3) is 4.33. The van der Waals surface area contributed by atoms with Crippen LogP contribution in [0, 0.1) is 6.92 Å². The van der Waals surface area contributed by atoms with Gasteiger partial charge < -0.3 is 10.1 Å². The van der Waals surface area contributed by atoms with Gasteiger partial charge in [0.2, 0.25) is 0 Å². The fourth-order valence-corrected chi connectivity index (χ4v) is 2.70. The molecule has 1 N–H and O–H groups in total. The SMILES string of the molecule is CCNC(CCc1ccccc1)c1cc(C)ccc1OC. The van der Waals surface area contributed by atoms with E-state index in [-0.39, 0.29) is 0 Å². The highest BCUT2D eigenvalue weighted by atomic mass is 16.5. The molecule has 0 aliphatic heterocycles. The predicted octanol–water partition coefficient (Wildman–Crippen LogP) is 4.29. The lowest BCUT2D eigenvalue weighted by molar-refractivity contribution is 0.396. The molecule has 0 saturated heterocycles. The van der Waals surface area contributed by atoms with Gasteiger partial charge in [-0.15, -0.1) is 0 Å². The van der Waals surface area contributed by atoms with E-state index in [2.05, 4.69) is 67.7 Å². The largest absolute Gasteiger partial charge is 0.496 e. The topological polar surface area (TPSA) is 21.3 Å². The predicted molar refractivity (Wildman–Crippen MR) is 88.9 cm³/mol. The minimum atomic E-state index is 0.324. The van der Waals surface area contributed by atoms with Crippen LogP contribution in [0.5, 0.6) is 5.75 Å². The molecule has 2 aromatic rings. The first-order chi connectivity index (χ1) is 10.2. The van der Waals surface area contributed by atoms with E-state index in [1.807, 2.05) is 0 Å². The summed E-state index contributed by atoms with van der Waals surface area (Å²) in [5.74, 6) is 0.972. The van der Waals surface area contributed by atoms with E-state index in [0.29, 0.717) is 6.04 Å². The van der Waals surface area contributed by atoms with Crippen molar-refractivity contribution in [1.82, 2.24) is 5.32 Å². The molecule has 0 aliphatic rings. The van der Waals surface area contributed by atoms with E-state index >= 15 is 0 Å². The molecule has 2 aromatic carbocycles. The molecule has 0 saturated carbocycles. The van der Waals surface area contributed by atoms with Crippen LogP contribution in [0.25, 0.3) is 0 Å². The lowest BCUT2D eigenvalue weighted by Gasteiger charge is -2.21. The fraction of sp³-hybridized carbons (Fsp3) is 0.368. The van der Waals surface area contributed by atoms with E-state index in [9.17, 15) is 0 Å². The highest BCUT2D eigenvalue weighted by Crippen LogP contribution is 2.29. The molecule has 0 aliphatic carbocycles. The minimum absolute atomic E-state index is 0.324. The van der Waals surface area contributed by atoms with Gasteiger partial charge in [0.1, 0.15) is 5.75 Å². The first-order valence-corrected chi connectivity index (χ1v) is 7.66. The maximum absolute atomic E-state index is 5.54. The first kappa shape index (κ1) is 15.6. The summed E-state index contributed by atoms with van der Waals surface area (Å²) in [6, 6.07) is 17.4. The van der Waals surface area contributed by atoms with Crippen LogP contribution in [0.15, 0.2) is 48.5 Å². The molecular weight excluding hydrogens is 258 g/mol. The van der Waals surface area contributed by atoms with Crippen molar-refractivity contribution in [2.45, 2.75) is 32.7 Å². The van der Waals surface area contributed by atoms with E-state index in [4.69, 9.17) is 4.74 Å². The summed E-state index contributed by atoms with van der Waals surface area (Å²) in [6.07, 6.45) is 2.13. The Balaban J connectivity index is 2.16. The summed E-state index contributed by atoms with van der Waals surface area (Å²) < 4.78 is 5.54. The van der Waals surface area contributed by atoms with Gasteiger partial charge in [0.05, 0.1) is 7.11 Å². The van der Waals surface area contributed by atoms with Crippen LogP contribution in [0.2, 0.25) is 0 Å². The number of hydrogen-bond donors (Lipinski definition) is 1. The van der Waals surface area contributed by atoms with E-state index < -0.39 is 0 Å². The van der Waals surface area contributed by atoms with Crippen molar-refractivity contribution in [3.8, 4) is 5.75 Å². The molecule has 1 unspecified atom stereocenters. The molecule has 0 heterocycles. The summed E-state index contributed by atoms with van der Waals surface area (Å²) >= 11 is 0. The smallest absolute Gasteiger partial charge is 0.123 e. The van der Waals surface area contributed by atoms with Crippen molar-refractivity contribution < 1.29 is 4.74 Å². The quantitative estimate of drug-likeness (QED) is 0.818. The molecule has 21 heavy (non-hydrogen) atoms. The maximum atomic E-state index is 5.54. The van der Waals surface area contributed by atoms with Gasteiger partial charge in [0.15, 0.2) is 0 Å². The maximum Gasteiger partial charge on any atom is 0.123 e. The van der Waals surface area contributed by atoms with Crippen LogP contribution in [-0.4, -0.2) is 13.7 Å². The van der Waals surface area contributed by atoms with Crippen LogP contribution in [0.1, 0.15) is 36.1 Å². The van der Waals surface area contributed by atoms with Crippen molar-refractivity contribution in [2.75, 3.05) is 13.7 Å². The second kappa shape index (κ2) is 7.84. The Labute approximate surface area is 128 Å². The Morgan fingerprint density at radius 3 is 2.52 bits per heavy atom. The number of ether oxygens (including phenoxy) is 1. The van der Waals surface area contributed by atoms with E-state index in [1.54, 1.807) is 7.11 Å². The second-order valence-corrected chi connectivity index (χ2v) is 5.38. The van der Waals surface area contributed by atoms with Gasteiger partial charge >= 0.3 is 0 Å². The number of nitrogens with one attached hydrogen (secondary N) is 1. The molecular formula is C19H25NO. The molecule has 0 bridgehead atoms. The third-order valence-corrected chi connectivity index (χ3v) is 3.78. The van der Waals surface area contributed by atoms with Gasteiger partial charge in [0, 0.05) is 11.6 Å². The molecule has 2 heteroatoms. The van der Waals surface area contributed by atoms with Gasteiger partial charge in [-0.05, 0) is 37.9 Å². The van der Waals surface area contributed by atoms with Crippen LogP contribution in [-0.2, 0) is 6.42 Å². The van der Waals surface area contributed by atoms with Crippen LogP contribution in [0.3, 0.4) is 0 Å². The molecule has 2 nitrogen and oxygen atoms in total. The standard InChI is InChI=1S/C19H25NO/c1-4-20-18(12-11-16-8-6-5-7-9-16)17-14-15(2)10-13-19(17)21-3/h5-10,13-14,18,20H,4,11-12H2,1-3H3. The Morgan fingerprint density at radius 1 is 1.10 bits per heavy atom. The molecule has 0 spiro atoms. The van der Waals surface area contributed by atoms with Crippen LogP contribution < -0.4 is 10.1 Å². The highest BCUT2D eigenvalue weighted by molar-refractivity contribution is 5.39. The van der Waals surface area contributed by atoms with Crippen molar-refractivity contribution in [3.05, 3.63) is 65.2 Å². The zero-order valence-corrected chi connectivity index (χ0v) is 13.2. The number of hydrogen-bond acceptors (Lipinski definition) is 2. The Morgan fingerprint density at radius 2 is 1.86 bits per heavy atom. The number of benzene rings is 2. The summed E-state index contributed by atoms with van der Waals surface area (Å²) in [7, 11) is 1.74. The third-order valence-electron chi connectivity index (χ3n) is 3.78. The molecule has 112 valence electrons. The van der Waals surface area contributed by atoms with E-state index in [1.165, 1.54) is 16.7 Å². The van der Waals surface area contributed by atoms with Crippen molar-refractivity contribution in [3.63, 3.8) is 0 Å². The molecule has 0 aromatic heterocycles. The molecule has 0 fully saturated rings. The second-order valence-electron chi connectivity index (χ2n) is 5.38. The zero-order valence-electron chi connectivity index (χ0n) is 13.2. The molecule has 0 radical (unpaired) electrons. The van der Waals surface area contributed by atoms with E-state index in [0.717, 1.165) is 25.1 Å². The summed E-state index contributed by atoms with van der Waals surface area (Å²) in [6.45, 7) is 5.23. The van der Waals surface area contributed by atoms with Gasteiger partial charge in [0.25, 0.3) is 0 Å². The highest BCUT2D eigenvalue weighted by Gasteiger charge is 2.15. The Kier molecular flexibility index (Phi) is 5.82. The van der Waals surface area contributed by atoms with Crippen molar-refractivity contribution in [2.24, 2.45) is 0 Å². The molecule has 0 amide bonds. The first-order valence-electron chi connectivity index (χ1n) is 7.66. The fourth-order valence-electron chi connectivity index (χ4n) is 2.70. The lowest BCUT2D eigenvalue weighted by atomic mass is 9.96. The zero-order chi connectivity index (χ0) is 15.1. The average Bonchev–Trinajstić information content (AvgIpc) is 2.52.